The van der Waals surface area contributed by atoms with Crippen molar-refractivity contribution in [2.45, 2.75) is 84.8 Å². The predicted octanol–water partition coefficient (Wildman–Crippen LogP) is 9.66. The Balaban J connectivity index is 1.45. The Morgan fingerprint density at radius 1 is 0.698 bits per heavy atom. The number of hydrogen-bond donors (Lipinski definition) is 1. The van der Waals surface area contributed by atoms with Crippen LogP contribution in [0.15, 0.2) is 72.8 Å². The second-order valence-corrected chi connectivity index (χ2v) is 11.3. The van der Waals surface area contributed by atoms with Crippen molar-refractivity contribution >= 4 is 21.5 Å². The van der Waals surface area contributed by atoms with E-state index >= 15 is 0 Å². The SMILES string of the molecule is CCCCCCOc1nc(-c2ccc3cc4ccccc4cc3c2)nc(-c2ccc(COC(CC)CCCC)cc2O)n1. The van der Waals surface area contributed by atoms with E-state index in [0.717, 1.165) is 66.8 Å². The van der Waals surface area contributed by atoms with E-state index in [1.54, 1.807) is 6.07 Å². The van der Waals surface area contributed by atoms with Crippen LogP contribution in [0, 0.1) is 0 Å². The number of aromatic nitrogens is 3. The number of hydrogen-bond acceptors (Lipinski definition) is 6. The summed E-state index contributed by atoms with van der Waals surface area (Å²) in [6.07, 6.45) is 8.93. The fraction of sp³-hybridized carbons (Fsp3) is 0.378. The maximum absolute atomic E-state index is 11.1. The van der Waals surface area contributed by atoms with Gasteiger partial charge in [-0.3, -0.25) is 0 Å². The Bertz CT molecular complexity index is 1650. The smallest absolute Gasteiger partial charge is 0.320 e. The van der Waals surface area contributed by atoms with Gasteiger partial charge in [-0.05, 0) is 76.7 Å². The average molecular weight is 578 g/mol. The monoisotopic (exact) mass is 577 g/mol. The summed E-state index contributed by atoms with van der Waals surface area (Å²) < 4.78 is 12.2. The normalized spacial score (nSPS) is 12.2. The number of rotatable bonds is 15. The Hall–Kier alpha value is -4.03. The van der Waals surface area contributed by atoms with Gasteiger partial charge in [-0.2, -0.15) is 9.97 Å². The van der Waals surface area contributed by atoms with Crippen LogP contribution in [-0.4, -0.2) is 32.8 Å². The number of phenols is 1. The quantitative estimate of drug-likeness (QED) is 0.0986. The van der Waals surface area contributed by atoms with Crippen molar-refractivity contribution in [1.82, 2.24) is 15.0 Å². The number of unbranched alkanes of at least 4 members (excludes halogenated alkanes) is 4. The summed E-state index contributed by atoms with van der Waals surface area (Å²) in [5.74, 6) is 1.00. The van der Waals surface area contributed by atoms with Crippen LogP contribution in [0.1, 0.15) is 77.7 Å². The zero-order chi connectivity index (χ0) is 30.0. The minimum absolute atomic E-state index is 0.110. The Kier molecular flexibility index (Phi) is 10.6. The maximum Gasteiger partial charge on any atom is 0.320 e. The van der Waals surface area contributed by atoms with E-state index in [-0.39, 0.29) is 17.9 Å². The highest BCUT2D eigenvalue weighted by Gasteiger charge is 2.16. The molecular weight excluding hydrogens is 534 g/mol. The largest absolute Gasteiger partial charge is 0.507 e. The van der Waals surface area contributed by atoms with Crippen LogP contribution in [0.2, 0.25) is 0 Å². The highest BCUT2D eigenvalue weighted by Crippen LogP contribution is 2.32. The average Bonchev–Trinajstić information content (AvgIpc) is 3.03. The third kappa shape index (κ3) is 7.88. The van der Waals surface area contributed by atoms with E-state index in [0.29, 0.717) is 30.4 Å². The lowest BCUT2D eigenvalue weighted by Gasteiger charge is -2.16. The van der Waals surface area contributed by atoms with E-state index in [1.165, 1.54) is 17.2 Å². The Morgan fingerprint density at radius 2 is 1.44 bits per heavy atom. The highest BCUT2D eigenvalue weighted by molar-refractivity contribution is 5.99. The molecule has 0 aliphatic rings. The molecule has 4 aromatic carbocycles. The van der Waals surface area contributed by atoms with E-state index in [1.807, 2.05) is 18.2 Å². The summed E-state index contributed by atoms with van der Waals surface area (Å²) in [5, 5.41) is 15.7. The molecule has 1 heterocycles. The molecule has 1 atom stereocenters. The van der Waals surface area contributed by atoms with E-state index in [4.69, 9.17) is 19.4 Å². The van der Waals surface area contributed by atoms with Gasteiger partial charge >= 0.3 is 6.01 Å². The predicted molar refractivity (Wildman–Crippen MR) is 175 cm³/mol. The van der Waals surface area contributed by atoms with Crippen molar-refractivity contribution in [1.29, 1.82) is 0 Å². The Labute approximate surface area is 255 Å². The Morgan fingerprint density at radius 3 is 2.19 bits per heavy atom. The topological polar surface area (TPSA) is 77.4 Å². The van der Waals surface area contributed by atoms with Crippen molar-refractivity contribution in [2.24, 2.45) is 0 Å². The van der Waals surface area contributed by atoms with Crippen molar-refractivity contribution in [3.05, 3.63) is 78.4 Å². The summed E-state index contributed by atoms with van der Waals surface area (Å²) in [5.41, 5.74) is 2.32. The molecule has 0 spiro atoms. The molecule has 6 heteroatoms. The van der Waals surface area contributed by atoms with Crippen LogP contribution in [-0.2, 0) is 11.3 Å². The van der Waals surface area contributed by atoms with Gasteiger partial charge in [0.25, 0.3) is 0 Å². The molecule has 1 aromatic heterocycles. The summed E-state index contributed by atoms with van der Waals surface area (Å²) >= 11 is 0. The number of fused-ring (bicyclic) bond motifs is 2. The minimum Gasteiger partial charge on any atom is -0.507 e. The van der Waals surface area contributed by atoms with Gasteiger partial charge in [0.15, 0.2) is 11.6 Å². The molecule has 0 saturated heterocycles. The lowest BCUT2D eigenvalue weighted by molar-refractivity contribution is 0.0312. The summed E-state index contributed by atoms with van der Waals surface area (Å²) in [4.78, 5) is 14.1. The van der Waals surface area contributed by atoms with Gasteiger partial charge in [-0.25, -0.2) is 4.98 Å². The molecule has 0 bridgehead atoms. The number of aromatic hydroxyl groups is 1. The third-order valence-corrected chi connectivity index (χ3v) is 7.93. The van der Waals surface area contributed by atoms with Gasteiger partial charge in [0.1, 0.15) is 5.75 Å². The first-order chi connectivity index (χ1) is 21.1. The fourth-order valence-electron chi connectivity index (χ4n) is 5.35. The molecule has 1 N–H and O–H groups in total. The van der Waals surface area contributed by atoms with Crippen LogP contribution in [0.5, 0.6) is 11.8 Å². The minimum atomic E-state index is 0.110. The first-order valence-corrected chi connectivity index (χ1v) is 15.8. The maximum atomic E-state index is 11.1. The van der Waals surface area contributed by atoms with Crippen LogP contribution < -0.4 is 4.74 Å². The second-order valence-electron chi connectivity index (χ2n) is 11.3. The second kappa shape index (κ2) is 14.9. The van der Waals surface area contributed by atoms with E-state index in [2.05, 4.69) is 74.3 Å². The van der Waals surface area contributed by atoms with Crippen molar-refractivity contribution in [2.75, 3.05) is 6.61 Å². The molecule has 0 amide bonds. The molecule has 5 rings (SSSR count). The molecule has 5 aromatic rings. The molecule has 224 valence electrons. The molecule has 1 unspecified atom stereocenters. The van der Waals surface area contributed by atoms with Crippen molar-refractivity contribution < 1.29 is 14.6 Å². The highest BCUT2D eigenvalue weighted by atomic mass is 16.5. The molecule has 0 aliphatic heterocycles. The first-order valence-electron chi connectivity index (χ1n) is 15.8. The zero-order valence-electron chi connectivity index (χ0n) is 25.7. The lowest BCUT2D eigenvalue weighted by atomic mass is 10.0. The van der Waals surface area contributed by atoms with E-state index in [9.17, 15) is 5.11 Å². The van der Waals surface area contributed by atoms with Crippen LogP contribution >= 0.6 is 0 Å². The number of ether oxygens (including phenoxy) is 2. The zero-order valence-corrected chi connectivity index (χ0v) is 25.7. The molecule has 0 fully saturated rings. The standard InChI is InChI=1S/C37H43N3O3/c1-4-7-9-12-20-42-37-39-35(30-18-17-29-22-27-13-10-11-14-28(27)23-31(29)24-30)38-36(40-37)33-19-16-26(21-34(33)41)25-43-32(6-3)15-8-5-2/h10-11,13-14,16-19,21-24,32,41H,4-9,12,15,20,25H2,1-3H3. The molecule has 0 saturated carbocycles. The number of benzene rings is 4. The summed E-state index contributed by atoms with van der Waals surface area (Å²) in [6, 6.07) is 24.8. The fourth-order valence-corrected chi connectivity index (χ4v) is 5.35. The first kappa shape index (κ1) is 30.4. The van der Waals surface area contributed by atoms with E-state index < -0.39 is 0 Å². The molecule has 6 nitrogen and oxygen atoms in total. The van der Waals surface area contributed by atoms with Gasteiger partial charge in [-0.15, -0.1) is 0 Å². The lowest BCUT2D eigenvalue weighted by Crippen LogP contribution is -2.11. The van der Waals surface area contributed by atoms with Crippen molar-refractivity contribution in [3.8, 4) is 34.5 Å². The molecule has 0 radical (unpaired) electrons. The molecular formula is C37H43N3O3. The van der Waals surface area contributed by atoms with Crippen LogP contribution in [0.4, 0.5) is 0 Å². The van der Waals surface area contributed by atoms with Gasteiger partial charge in [0.2, 0.25) is 0 Å². The number of nitrogens with zero attached hydrogens (tertiary/aromatic N) is 3. The van der Waals surface area contributed by atoms with Gasteiger partial charge in [0.05, 0.1) is 24.9 Å². The third-order valence-electron chi connectivity index (χ3n) is 7.93. The molecule has 0 aliphatic carbocycles. The van der Waals surface area contributed by atoms with Crippen molar-refractivity contribution in [3.63, 3.8) is 0 Å². The molecule has 43 heavy (non-hydrogen) atoms. The number of phenolic OH excluding ortho intramolecular Hbond substituents is 1. The summed E-state index contributed by atoms with van der Waals surface area (Å²) in [7, 11) is 0. The van der Waals surface area contributed by atoms with Gasteiger partial charge in [-0.1, -0.05) is 95.3 Å². The van der Waals surface area contributed by atoms with Crippen LogP contribution in [0.3, 0.4) is 0 Å². The summed E-state index contributed by atoms with van der Waals surface area (Å²) in [6.45, 7) is 7.53. The van der Waals surface area contributed by atoms with Gasteiger partial charge in [0, 0.05) is 5.56 Å². The van der Waals surface area contributed by atoms with Gasteiger partial charge < -0.3 is 14.6 Å². The van der Waals surface area contributed by atoms with Crippen LogP contribution in [0.25, 0.3) is 44.3 Å².